The minimum Gasteiger partial charge on any atom is -0.494 e. The lowest BCUT2D eigenvalue weighted by molar-refractivity contribution is -0.117. The SMILES string of the molecule is COc1cccc2sc(N3CC(CCl)CC3=O)nc12. The van der Waals surface area contributed by atoms with Gasteiger partial charge in [0.15, 0.2) is 5.13 Å². The molecule has 1 aliphatic heterocycles. The largest absolute Gasteiger partial charge is 0.494 e. The summed E-state index contributed by atoms with van der Waals surface area (Å²) in [4.78, 5) is 18.3. The smallest absolute Gasteiger partial charge is 0.229 e. The number of thiazole rings is 1. The van der Waals surface area contributed by atoms with Crippen LogP contribution in [-0.4, -0.2) is 30.4 Å². The van der Waals surface area contributed by atoms with E-state index in [0.29, 0.717) is 18.8 Å². The predicted octanol–water partition coefficient (Wildman–Crippen LogP) is 2.90. The Morgan fingerprint density at radius 1 is 1.58 bits per heavy atom. The normalized spacial score (nSPS) is 19.4. The molecule has 2 aromatic rings. The number of nitrogens with zero attached hydrogens (tertiary/aromatic N) is 2. The molecule has 1 amide bonds. The third-order valence-corrected chi connectivity index (χ3v) is 4.72. The first kappa shape index (κ1) is 12.7. The van der Waals surface area contributed by atoms with Gasteiger partial charge in [-0.25, -0.2) is 4.98 Å². The van der Waals surface area contributed by atoms with Crippen molar-refractivity contribution in [1.82, 2.24) is 4.98 Å². The van der Waals surface area contributed by atoms with Crippen LogP contribution >= 0.6 is 22.9 Å². The monoisotopic (exact) mass is 296 g/mol. The van der Waals surface area contributed by atoms with Gasteiger partial charge >= 0.3 is 0 Å². The minimum absolute atomic E-state index is 0.101. The summed E-state index contributed by atoms with van der Waals surface area (Å²) in [6.45, 7) is 0.657. The van der Waals surface area contributed by atoms with Gasteiger partial charge in [0, 0.05) is 18.8 Å². The summed E-state index contributed by atoms with van der Waals surface area (Å²) < 4.78 is 6.32. The third kappa shape index (κ3) is 2.17. The number of fused-ring (bicyclic) bond motifs is 1. The van der Waals surface area contributed by atoms with Crippen molar-refractivity contribution in [2.24, 2.45) is 5.92 Å². The molecular weight excluding hydrogens is 284 g/mol. The van der Waals surface area contributed by atoms with Crippen LogP contribution in [0.4, 0.5) is 5.13 Å². The van der Waals surface area contributed by atoms with Gasteiger partial charge in [-0.1, -0.05) is 17.4 Å². The molecule has 19 heavy (non-hydrogen) atoms. The number of para-hydroxylation sites is 1. The molecule has 1 aromatic carbocycles. The summed E-state index contributed by atoms with van der Waals surface area (Å²) in [6.07, 6.45) is 0.510. The van der Waals surface area contributed by atoms with Crippen molar-refractivity contribution in [3.63, 3.8) is 0 Å². The fourth-order valence-electron chi connectivity index (χ4n) is 2.26. The van der Waals surface area contributed by atoms with Gasteiger partial charge in [-0.2, -0.15) is 0 Å². The molecule has 100 valence electrons. The van der Waals surface area contributed by atoms with E-state index in [0.717, 1.165) is 21.1 Å². The number of ether oxygens (including phenoxy) is 1. The Bertz CT molecular complexity index is 628. The van der Waals surface area contributed by atoms with E-state index in [1.54, 1.807) is 12.0 Å². The van der Waals surface area contributed by atoms with E-state index in [4.69, 9.17) is 16.3 Å². The molecule has 1 atom stereocenters. The first-order valence-corrected chi connectivity index (χ1v) is 7.38. The van der Waals surface area contributed by atoms with Crippen LogP contribution in [0.2, 0.25) is 0 Å². The molecule has 0 bridgehead atoms. The Morgan fingerprint density at radius 3 is 3.11 bits per heavy atom. The van der Waals surface area contributed by atoms with E-state index < -0.39 is 0 Å². The lowest BCUT2D eigenvalue weighted by Crippen LogP contribution is -2.24. The third-order valence-electron chi connectivity index (χ3n) is 3.24. The van der Waals surface area contributed by atoms with Crippen LogP contribution in [0.1, 0.15) is 6.42 Å². The molecular formula is C13H13ClN2O2S. The average molecular weight is 297 g/mol. The van der Waals surface area contributed by atoms with E-state index in [-0.39, 0.29) is 11.8 Å². The first-order valence-electron chi connectivity index (χ1n) is 6.02. The highest BCUT2D eigenvalue weighted by atomic mass is 35.5. The molecule has 2 heterocycles. The van der Waals surface area contributed by atoms with Crippen LogP contribution < -0.4 is 9.64 Å². The van der Waals surface area contributed by atoms with Gasteiger partial charge < -0.3 is 4.74 Å². The van der Waals surface area contributed by atoms with Crippen molar-refractivity contribution in [1.29, 1.82) is 0 Å². The number of methoxy groups -OCH3 is 1. The van der Waals surface area contributed by atoms with Crippen LogP contribution in [-0.2, 0) is 4.79 Å². The summed E-state index contributed by atoms with van der Waals surface area (Å²) >= 11 is 7.35. The molecule has 1 fully saturated rings. The van der Waals surface area contributed by atoms with Gasteiger partial charge in [0.05, 0.1) is 11.8 Å². The molecule has 6 heteroatoms. The highest BCUT2D eigenvalue weighted by Crippen LogP contribution is 2.36. The number of hydrogen-bond donors (Lipinski definition) is 0. The van der Waals surface area contributed by atoms with Crippen LogP contribution in [0.3, 0.4) is 0 Å². The summed E-state index contributed by atoms with van der Waals surface area (Å²) in [5.41, 5.74) is 0.812. The van der Waals surface area contributed by atoms with E-state index >= 15 is 0 Å². The van der Waals surface area contributed by atoms with E-state index in [9.17, 15) is 4.79 Å². The molecule has 0 saturated carbocycles. The summed E-state index contributed by atoms with van der Waals surface area (Å²) in [5.74, 6) is 1.57. The minimum atomic E-state index is 0.101. The first-order chi connectivity index (χ1) is 9.22. The van der Waals surface area contributed by atoms with Crippen molar-refractivity contribution < 1.29 is 9.53 Å². The summed E-state index contributed by atoms with van der Waals surface area (Å²) in [5, 5.41) is 0.733. The topological polar surface area (TPSA) is 42.4 Å². The molecule has 3 rings (SSSR count). The molecule has 4 nitrogen and oxygen atoms in total. The number of hydrogen-bond acceptors (Lipinski definition) is 4. The number of carbonyl (C=O) groups excluding carboxylic acids is 1. The van der Waals surface area contributed by atoms with E-state index in [1.165, 1.54) is 11.3 Å². The van der Waals surface area contributed by atoms with Gasteiger partial charge in [-0.15, -0.1) is 11.6 Å². The number of aromatic nitrogens is 1. The highest BCUT2D eigenvalue weighted by molar-refractivity contribution is 7.22. The summed E-state index contributed by atoms with van der Waals surface area (Å²) in [6, 6.07) is 5.79. The van der Waals surface area contributed by atoms with Crippen molar-refractivity contribution >= 4 is 44.2 Å². The lowest BCUT2D eigenvalue weighted by Gasteiger charge is -2.11. The number of benzene rings is 1. The zero-order valence-corrected chi connectivity index (χ0v) is 12.0. The fraction of sp³-hybridized carbons (Fsp3) is 0.385. The number of amides is 1. The van der Waals surface area contributed by atoms with Gasteiger partial charge in [-0.3, -0.25) is 9.69 Å². The van der Waals surface area contributed by atoms with Gasteiger partial charge in [0.1, 0.15) is 11.3 Å². The second kappa shape index (κ2) is 4.98. The molecule has 0 spiro atoms. The van der Waals surface area contributed by atoms with Crippen LogP contribution in [0.25, 0.3) is 10.2 Å². The van der Waals surface area contributed by atoms with Gasteiger partial charge in [-0.05, 0) is 18.1 Å². The van der Waals surface area contributed by atoms with Crippen molar-refractivity contribution in [3.05, 3.63) is 18.2 Å². The Labute approximate surface area is 119 Å². The maximum atomic E-state index is 12.0. The van der Waals surface area contributed by atoms with Crippen LogP contribution in [0.15, 0.2) is 18.2 Å². The number of halogens is 1. The fourth-order valence-corrected chi connectivity index (χ4v) is 3.48. The van der Waals surface area contributed by atoms with Crippen molar-refractivity contribution in [2.45, 2.75) is 6.42 Å². The molecule has 1 aliphatic rings. The number of alkyl halides is 1. The molecule has 0 radical (unpaired) electrons. The van der Waals surface area contributed by atoms with Gasteiger partial charge in [0.2, 0.25) is 5.91 Å². The molecule has 1 saturated heterocycles. The number of anilines is 1. The maximum Gasteiger partial charge on any atom is 0.229 e. The highest BCUT2D eigenvalue weighted by Gasteiger charge is 2.32. The average Bonchev–Trinajstić information content (AvgIpc) is 3.00. The second-order valence-electron chi connectivity index (χ2n) is 4.53. The van der Waals surface area contributed by atoms with Crippen LogP contribution in [0.5, 0.6) is 5.75 Å². The standard InChI is InChI=1S/C13H13ClN2O2S/c1-18-9-3-2-4-10-12(9)15-13(19-10)16-7-8(6-14)5-11(16)17/h2-4,8H,5-7H2,1H3. The number of carbonyl (C=O) groups is 1. The van der Waals surface area contributed by atoms with E-state index in [2.05, 4.69) is 4.98 Å². The van der Waals surface area contributed by atoms with Gasteiger partial charge in [0.25, 0.3) is 0 Å². The predicted molar refractivity (Wildman–Crippen MR) is 77.4 cm³/mol. The lowest BCUT2D eigenvalue weighted by atomic mass is 10.2. The van der Waals surface area contributed by atoms with E-state index in [1.807, 2.05) is 18.2 Å². The van der Waals surface area contributed by atoms with Crippen molar-refractivity contribution in [2.75, 3.05) is 24.4 Å². The zero-order valence-electron chi connectivity index (χ0n) is 10.4. The molecule has 0 N–H and O–H groups in total. The molecule has 0 aliphatic carbocycles. The molecule has 1 aromatic heterocycles. The van der Waals surface area contributed by atoms with Crippen LogP contribution in [0, 0.1) is 5.92 Å². The zero-order chi connectivity index (χ0) is 13.4. The maximum absolute atomic E-state index is 12.0. The Kier molecular flexibility index (Phi) is 3.33. The molecule has 1 unspecified atom stereocenters. The Balaban J connectivity index is 2.00. The van der Waals surface area contributed by atoms with Crippen molar-refractivity contribution in [3.8, 4) is 5.75 Å². The summed E-state index contributed by atoms with van der Waals surface area (Å²) in [7, 11) is 1.62. The Hall–Kier alpha value is -1.33. The number of rotatable bonds is 3. The quantitative estimate of drug-likeness (QED) is 0.818. The second-order valence-corrected chi connectivity index (χ2v) is 5.85. The Morgan fingerprint density at radius 2 is 2.42 bits per heavy atom.